The zero-order valence-electron chi connectivity index (χ0n) is 11.4. The number of carbonyl (C=O) groups is 1. The molecule has 0 aliphatic rings. The van der Waals surface area contributed by atoms with Crippen molar-refractivity contribution in [2.75, 3.05) is 6.61 Å². The van der Waals surface area contributed by atoms with E-state index in [1.807, 2.05) is 24.3 Å². The van der Waals surface area contributed by atoms with Crippen molar-refractivity contribution in [3.05, 3.63) is 64.4 Å². The molecule has 3 rings (SSSR count). The van der Waals surface area contributed by atoms with Crippen LogP contribution in [-0.4, -0.2) is 30.9 Å². The molecule has 0 bridgehead atoms. The van der Waals surface area contributed by atoms with Gasteiger partial charge in [-0.1, -0.05) is 0 Å². The van der Waals surface area contributed by atoms with Gasteiger partial charge in [-0.15, -0.1) is 0 Å². The van der Waals surface area contributed by atoms with E-state index >= 15 is 0 Å². The Kier molecular flexibility index (Phi) is 3.77. The molecule has 0 spiro atoms. The maximum absolute atomic E-state index is 12.4. The summed E-state index contributed by atoms with van der Waals surface area (Å²) in [6.07, 6.45) is 0. The van der Waals surface area contributed by atoms with Gasteiger partial charge in [0.2, 0.25) is 0 Å². The van der Waals surface area contributed by atoms with Crippen molar-refractivity contribution >= 4 is 30.3 Å². The average molecular weight is 346 g/mol. The van der Waals surface area contributed by atoms with Crippen LogP contribution < -0.4 is 5.56 Å². The van der Waals surface area contributed by atoms with Crippen LogP contribution in [0.3, 0.4) is 0 Å². The van der Waals surface area contributed by atoms with Crippen LogP contribution in [0.5, 0.6) is 0 Å². The van der Waals surface area contributed by atoms with Gasteiger partial charge >= 0.3 is 127 Å². The van der Waals surface area contributed by atoms with Gasteiger partial charge in [0.15, 0.2) is 0 Å². The number of nitrogens with zero attached hydrogens (tertiary/aromatic N) is 1. The third-order valence-electron chi connectivity index (χ3n) is 3.10. The number of hydrogen-bond donors (Lipinski definition) is 0. The molecule has 0 N–H and O–H groups in total. The van der Waals surface area contributed by atoms with Crippen LogP contribution in [-0.2, 0) is 4.74 Å². The van der Waals surface area contributed by atoms with E-state index < -0.39 is 0 Å². The van der Waals surface area contributed by atoms with Crippen molar-refractivity contribution < 1.29 is 9.53 Å². The van der Waals surface area contributed by atoms with E-state index in [0.29, 0.717) is 12.2 Å². The molecule has 0 atom stereocenters. The fourth-order valence-corrected chi connectivity index (χ4v) is 4.18. The zero-order chi connectivity index (χ0) is 14.8. The number of aromatic nitrogens is 1. The first kappa shape index (κ1) is 13.9. The Hall–Kier alpha value is -2.10. The molecule has 0 fully saturated rings. The van der Waals surface area contributed by atoms with E-state index in [9.17, 15) is 9.59 Å². The van der Waals surface area contributed by atoms with E-state index in [1.165, 1.54) is 0 Å². The zero-order valence-corrected chi connectivity index (χ0v) is 13.1. The molecule has 1 heterocycles. The summed E-state index contributed by atoms with van der Waals surface area (Å²) in [4.78, 5) is 24.0. The van der Waals surface area contributed by atoms with Crippen LogP contribution in [0.25, 0.3) is 15.3 Å². The molecule has 0 unspecified atom stereocenters. The molecule has 0 saturated carbocycles. The number of fused-ring (bicyclic) bond motifs is 1. The van der Waals surface area contributed by atoms with Gasteiger partial charge in [0.25, 0.3) is 0 Å². The normalized spacial score (nSPS) is 10.7. The number of ether oxygens (including phenoxy) is 1. The summed E-state index contributed by atoms with van der Waals surface area (Å²) in [5, 5.41) is 0.770. The first-order valence-electron chi connectivity index (χ1n) is 6.59. The van der Waals surface area contributed by atoms with Gasteiger partial charge in [-0.2, -0.15) is 0 Å². The van der Waals surface area contributed by atoms with E-state index in [2.05, 4.69) is 0 Å². The second-order valence-corrected chi connectivity index (χ2v) is 6.53. The van der Waals surface area contributed by atoms with Crippen LogP contribution in [0, 0.1) is 0 Å². The summed E-state index contributed by atoms with van der Waals surface area (Å²) in [5.74, 6) is -0.342. The Balaban J connectivity index is 2.01. The summed E-state index contributed by atoms with van der Waals surface area (Å²) in [6.45, 7) is 2.12. The van der Waals surface area contributed by atoms with Crippen LogP contribution in [0.4, 0.5) is 0 Å². The molecule has 0 radical (unpaired) electrons. The van der Waals surface area contributed by atoms with Crippen LogP contribution in [0.2, 0.25) is 0 Å². The van der Waals surface area contributed by atoms with Crippen molar-refractivity contribution in [3.8, 4) is 5.69 Å². The number of hydrogen-bond acceptors (Lipinski definition) is 3. The van der Waals surface area contributed by atoms with Crippen molar-refractivity contribution in [1.29, 1.82) is 0 Å². The van der Waals surface area contributed by atoms with Gasteiger partial charge in [-0.05, 0) is 0 Å². The predicted octanol–water partition coefficient (Wildman–Crippen LogP) is 2.22. The molecule has 21 heavy (non-hydrogen) atoms. The van der Waals surface area contributed by atoms with Crippen LogP contribution >= 0.6 is 0 Å². The van der Waals surface area contributed by atoms with Crippen LogP contribution in [0.1, 0.15) is 17.3 Å². The predicted molar refractivity (Wildman–Crippen MR) is 82.4 cm³/mol. The summed E-state index contributed by atoms with van der Waals surface area (Å²) in [7, 11) is 0. The molecule has 1 aromatic heterocycles. The van der Waals surface area contributed by atoms with Gasteiger partial charge in [0.05, 0.1) is 0 Å². The Morgan fingerprint density at radius 1 is 1.14 bits per heavy atom. The van der Waals surface area contributed by atoms with Crippen LogP contribution in [0.15, 0.2) is 53.3 Å². The number of rotatable bonds is 3. The minimum atomic E-state index is -0.342. The summed E-state index contributed by atoms with van der Waals surface area (Å²) < 4.78 is 7.81. The molecule has 3 aromatic rings. The van der Waals surface area contributed by atoms with Gasteiger partial charge < -0.3 is 0 Å². The molecule has 0 saturated heterocycles. The third kappa shape index (κ3) is 2.58. The molecule has 2 aromatic carbocycles. The van der Waals surface area contributed by atoms with Gasteiger partial charge in [0, 0.05) is 0 Å². The average Bonchev–Trinajstić information content (AvgIpc) is 2.85. The standard InChI is InChI=1S/C16H13NO3Se/c1-2-20-16(19)11-7-9-12(10-8-11)17-15(18)13-5-3-4-6-14(13)21-17/h3-10H,2H2,1H3. The number of carbonyl (C=O) groups excluding carboxylic acids is 1. The molecule has 0 aliphatic carbocycles. The fraction of sp³-hybridized carbons (Fsp3) is 0.125. The molecular formula is C16H13NO3Se. The van der Waals surface area contributed by atoms with Crippen molar-refractivity contribution in [2.24, 2.45) is 0 Å². The second kappa shape index (κ2) is 5.72. The first-order chi connectivity index (χ1) is 10.2. The summed E-state index contributed by atoms with van der Waals surface area (Å²) in [6, 6.07) is 14.6. The molecule has 0 aliphatic heterocycles. The second-order valence-electron chi connectivity index (χ2n) is 4.45. The van der Waals surface area contributed by atoms with Gasteiger partial charge in [-0.25, -0.2) is 0 Å². The SMILES string of the molecule is CCOC(=O)c1ccc(-n2[se]c3ccccc3c2=O)cc1. The molecular weight excluding hydrogens is 333 g/mol. The monoisotopic (exact) mass is 347 g/mol. The van der Waals surface area contributed by atoms with Gasteiger partial charge in [-0.3, -0.25) is 0 Å². The summed E-state index contributed by atoms with van der Waals surface area (Å²) in [5.41, 5.74) is 1.33. The minimum absolute atomic E-state index is 0.0227. The van der Waals surface area contributed by atoms with E-state index in [4.69, 9.17) is 4.74 Å². The molecule has 106 valence electrons. The van der Waals surface area contributed by atoms with Crippen molar-refractivity contribution in [2.45, 2.75) is 6.92 Å². The quantitative estimate of drug-likeness (QED) is 0.540. The number of esters is 1. The maximum atomic E-state index is 12.4. The molecule has 0 amide bonds. The van der Waals surface area contributed by atoms with Crippen molar-refractivity contribution in [1.82, 2.24) is 3.56 Å². The molecule has 4 nitrogen and oxygen atoms in total. The Morgan fingerprint density at radius 2 is 1.86 bits per heavy atom. The fourth-order valence-electron chi connectivity index (χ4n) is 2.09. The third-order valence-corrected chi connectivity index (χ3v) is 5.44. The Morgan fingerprint density at radius 3 is 2.52 bits per heavy atom. The Bertz CT molecular complexity index is 846. The van der Waals surface area contributed by atoms with Crippen molar-refractivity contribution in [3.63, 3.8) is 0 Å². The van der Waals surface area contributed by atoms with E-state index in [-0.39, 0.29) is 26.3 Å². The van der Waals surface area contributed by atoms with E-state index in [1.54, 1.807) is 34.8 Å². The van der Waals surface area contributed by atoms with E-state index in [0.717, 1.165) is 15.3 Å². The Labute approximate surface area is 127 Å². The summed E-state index contributed by atoms with van der Waals surface area (Å²) >= 11 is -0.0564. The first-order valence-corrected chi connectivity index (χ1v) is 8.21. The van der Waals surface area contributed by atoms with Gasteiger partial charge in [0.1, 0.15) is 0 Å². The number of benzene rings is 2. The molecule has 5 heteroatoms. The topological polar surface area (TPSA) is 48.3 Å².